The summed E-state index contributed by atoms with van der Waals surface area (Å²) in [6.45, 7) is 0. The van der Waals surface area contributed by atoms with Gasteiger partial charge in [0.15, 0.2) is 0 Å². The lowest BCUT2D eigenvalue weighted by molar-refractivity contribution is -0.142. The van der Waals surface area contributed by atoms with Gasteiger partial charge in [-0.15, -0.1) is 0 Å². The van der Waals surface area contributed by atoms with Crippen LogP contribution < -0.4 is 11.5 Å². The SMILES string of the molecule is C.COC(=O)C(N)c1ccc(Cl)cc1.NC(C(=O)O)c1ccc(Cl)cc1. The lowest BCUT2D eigenvalue weighted by atomic mass is 10.1. The minimum absolute atomic E-state index is 0. The summed E-state index contributed by atoms with van der Waals surface area (Å²) in [5, 5.41) is 9.72. The molecule has 0 aromatic heterocycles. The molecule has 0 aliphatic heterocycles. The van der Waals surface area contributed by atoms with Crippen molar-refractivity contribution in [3.8, 4) is 0 Å². The molecule has 0 aliphatic carbocycles. The van der Waals surface area contributed by atoms with Gasteiger partial charge in [-0.1, -0.05) is 54.9 Å². The fourth-order valence-electron chi connectivity index (χ4n) is 1.75. The lowest BCUT2D eigenvalue weighted by Gasteiger charge is -2.08. The fraction of sp³-hybridized carbons (Fsp3) is 0.222. The number of nitrogens with two attached hydrogens (primary N) is 2. The Hall–Kier alpha value is -2.12. The van der Waals surface area contributed by atoms with Gasteiger partial charge in [0.1, 0.15) is 12.1 Å². The van der Waals surface area contributed by atoms with Crippen LogP contribution >= 0.6 is 23.2 Å². The largest absolute Gasteiger partial charge is 0.480 e. The smallest absolute Gasteiger partial charge is 0.327 e. The van der Waals surface area contributed by atoms with Crippen LogP contribution in [0.1, 0.15) is 30.6 Å². The molecule has 0 fully saturated rings. The van der Waals surface area contributed by atoms with E-state index in [-0.39, 0.29) is 7.43 Å². The molecule has 2 atom stereocenters. The molecule has 6 nitrogen and oxygen atoms in total. The first kappa shape index (κ1) is 23.9. The fourth-order valence-corrected chi connectivity index (χ4v) is 2.00. The Balaban J connectivity index is 0.000000464. The number of ether oxygens (including phenoxy) is 1. The summed E-state index contributed by atoms with van der Waals surface area (Å²) in [6.07, 6.45) is 0. The maximum Gasteiger partial charge on any atom is 0.327 e. The van der Waals surface area contributed by atoms with Crippen LogP contribution in [0.2, 0.25) is 10.0 Å². The molecule has 142 valence electrons. The Morgan fingerprint density at radius 1 is 0.885 bits per heavy atom. The van der Waals surface area contributed by atoms with Crippen molar-refractivity contribution in [2.45, 2.75) is 19.5 Å². The molecular formula is C18H22Cl2N2O4. The highest BCUT2D eigenvalue weighted by Crippen LogP contribution is 2.15. The Morgan fingerprint density at radius 2 is 1.23 bits per heavy atom. The molecule has 2 aromatic rings. The molecule has 26 heavy (non-hydrogen) atoms. The maximum absolute atomic E-state index is 11.0. The van der Waals surface area contributed by atoms with Crippen LogP contribution in [0.3, 0.4) is 0 Å². The highest BCUT2D eigenvalue weighted by atomic mass is 35.5. The Kier molecular flexibility index (Phi) is 10.6. The van der Waals surface area contributed by atoms with Crippen LogP contribution in [0.4, 0.5) is 0 Å². The number of carboxylic acids is 1. The first-order valence-electron chi connectivity index (χ1n) is 7.09. The third-order valence-electron chi connectivity index (χ3n) is 3.18. The quantitative estimate of drug-likeness (QED) is 0.675. The molecule has 0 radical (unpaired) electrons. The second-order valence-electron chi connectivity index (χ2n) is 4.92. The monoisotopic (exact) mass is 400 g/mol. The normalized spacial score (nSPS) is 11.9. The zero-order valence-electron chi connectivity index (χ0n) is 13.4. The first-order chi connectivity index (χ1) is 11.8. The Labute approximate surface area is 162 Å². The zero-order valence-corrected chi connectivity index (χ0v) is 14.9. The maximum atomic E-state index is 11.0. The van der Waals surface area contributed by atoms with Crippen LogP contribution in [0, 0.1) is 0 Å². The summed E-state index contributed by atoms with van der Waals surface area (Å²) < 4.78 is 4.50. The Bertz CT molecular complexity index is 706. The van der Waals surface area contributed by atoms with Crippen molar-refractivity contribution in [1.82, 2.24) is 0 Å². The summed E-state index contributed by atoms with van der Waals surface area (Å²) >= 11 is 11.3. The molecular weight excluding hydrogens is 379 g/mol. The summed E-state index contributed by atoms with van der Waals surface area (Å²) in [7, 11) is 1.30. The number of carbonyl (C=O) groups is 2. The molecule has 2 unspecified atom stereocenters. The van der Waals surface area contributed by atoms with Crippen LogP contribution in [0.25, 0.3) is 0 Å². The topological polar surface area (TPSA) is 116 Å². The van der Waals surface area contributed by atoms with Crippen LogP contribution in [-0.4, -0.2) is 24.2 Å². The van der Waals surface area contributed by atoms with Crippen LogP contribution in [-0.2, 0) is 14.3 Å². The molecule has 2 rings (SSSR count). The van der Waals surface area contributed by atoms with E-state index in [1.807, 2.05) is 0 Å². The van der Waals surface area contributed by atoms with Crippen molar-refractivity contribution >= 4 is 35.1 Å². The second kappa shape index (κ2) is 11.5. The number of hydrogen-bond acceptors (Lipinski definition) is 5. The van der Waals surface area contributed by atoms with E-state index in [0.29, 0.717) is 21.2 Å². The minimum atomic E-state index is -1.04. The van der Waals surface area contributed by atoms with Crippen molar-refractivity contribution in [2.75, 3.05) is 7.11 Å². The van der Waals surface area contributed by atoms with Gasteiger partial charge in [0, 0.05) is 10.0 Å². The van der Waals surface area contributed by atoms with Gasteiger partial charge in [0.2, 0.25) is 0 Å². The predicted octanol–water partition coefficient (Wildman–Crippen LogP) is 3.57. The van der Waals surface area contributed by atoms with Gasteiger partial charge in [0.05, 0.1) is 7.11 Å². The van der Waals surface area contributed by atoms with E-state index in [1.165, 1.54) is 7.11 Å². The molecule has 0 aliphatic rings. The molecule has 0 saturated carbocycles. The van der Waals surface area contributed by atoms with Crippen LogP contribution in [0.5, 0.6) is 0 Å². The van der Waals surface area contributed by atoms with Gasteiger partial charge in [-0.2, -0.15) is 0 Å². The van der Waals surface area contributed by atoms with Gasteiger partial charge in [-0.25, -0.2) is 0 Å². The van der Waals surface area contributed by atoms with E-state index >= 15 is 0 Å². The summed E-state index contributed by atoms with van der Waals surface area (Å²) in [6, 6.07) is 11.5. The van der Waals surface area contributed by atoms with E-state index in [4.69, 9.17) is 39.8 Å². The number of benzene rings is 2. The molecule has 0 saturated heterocycles. The molecule has 5 N–H and O–H groups in total. The van der Waals surface area contributed by atoms with Crippen molar-refractivity contribution in [3.05, 3.63) is 69.7 Å². The molecule has 2 aromatic carbocycles. The average molecular weight is 401 g/mol. The van der Waals surface area contributed by atoms with Crippen molar-refractivity contribution in [1.29, 1.82) is 0 Å². The van der Waals surface area contributed by atoms with Gasteiger partial charge in [-0.3, -0.25) is 9.59 Å². The number of carboxylic acid groups (broad SMARTS) is 1. The highest BCUT2D eigenvalue weighted by Gasteiger charge is 2.15. The summed E-state index contributed by atoms with van der Waals surface area (Å²) in [4.78, 5) is 21.4. The molecule has 8 heteroatoms. The zero-order chi connectivity index (χ0) is 19.0. The number of methoxy groups -OCH3 is 1. The van der Waals surface area contributed by atoms with Crippen LogP contribution in [0.15, 0.2) is 48.5 Å². The molecule has 0 amide bonds. The molecule has 0 bridgehead atoms. The number of hydrogen-bond donors (Lipinski definition) is 3. The lowest BCUT2D eigenvalue weighted by Crippen LogP contribution is -2.22. The third kappa shape index (κ3) is 7.41. The summed E-state index contributed by atoms with van der Waals surface area (Å²) in [5.41, 5.74) is 12.2. The number of aliphatic carboxylic acids is 1. The van der Waals surface area contributed by atoms with Gasteiger partial charge in [0.25, 0.3) is 0 Å². The van der Waals surface area contributed by atoms with Crippen molar-refractivity contribution in [2.24, 2.45) is 11.5 Å². The number of esters is 1. The van der Waals surface area contributed by atoms with Gasteiger partial charge >= 0.3 is 11.9 Å². The number of carbonyl (C=O) groups excluding carboxylic acids is 1. The van der Waals surface area contributed by atoms with Crippen molar-refractivity contribution < 1.29 is 19.4 Å². The van der Waals surface area contributed by atoms with Gasteiger partial charge < -0.3 is 21.3 Å². The van der Waals surface area contributed by atoms with Gasteiger partial charge in [-0.05, 0) is 35.4 Å². The predicted molar refractivity (Wildman–Crippen MR) is 103 cm³/mol. The summed E-state index contributed by atoms with van der Waals surface area (Å²) in [5.74, 6) is -1.50. The average Bonchev–Trinajstić information content (AvgIpc) is 2.61. The second-order valence-corrected chi connectivity index (χ2v) is 5.79. The highest BCUT2D eigenvalue weighted by molar-refractivity contribution is 6.30. The van der Waals surface area contributed by atoms with E-state index in [0.717, 1.165) is 0 Å². The number of rotatable bonds is 4. The third-order valence-corrected chi connectivity index (χ3v) is 3.68. The number of halogens is 2. The minimum Gasteiger partial charge on any atom is -0.480 e. The van der Waals surface area contributed by atoms with E-state index in [2.05, 4.69) is 4.74 Å². The first-order valence-corrected chi connectivity index (χ1v) is 7.84. The Morgan fingerprint density at radius 3 is 1.54 bits per heavy atom. The van der Waals surface area contributed by atoms with Crippen molar-refractivity contribution in [3.63, 3.8) is 0 Å². The molecule has 0 heterocycles. The standard InChI is InChI=1S/C9H10ClNO2.C8H8ClNO2.CH4/c1-13-9(12)8(11)6-2-4-7(10)5-3-6;9-6-3-1-5(2-4-6)7(10)8(11)12;/h2-5,8H,11H2,1H3;1-4,7H,10H2,(H,11,12);1H4. The molecule has 0 spiro atoms. The van der Waals surface area contributed by atoms with E-state index in [1.54, 1.807) is 48.5 Å². The van der Waals surface area contributed by atoms with E-state index < -0.39 is 24.0 Å². The van der Waals surface area contributed by atoms with E-state index in [9.17, 15) is 9.59 Å².